The smallest absolute Gasteiger partial charge is 0.307 e. The van der Waals surface area contributed by atoms with E-state index in [9.17, 15) is 9.59 Å². The lowest BCUT2D eigenvalue weighted by molar-refractivity contribution is -0.156. The van der Waals surface area contributed by atoms with Crippen molar-refractivity contribution in [3.63, 3.8) is 0 Å². The molecule has 0 bridgehead atoms. The van der Waals surface area contributed by atoms with Gasteiger partial charge in [-0.25, -0.2) is 0 Å². The van der Waals surface area contributed by atoms with Crippen molar-refractivity contribution in [1.82, 2.24) is 0 Å². The molecule has 4 heteroatoms. The molecule has 3 aliphatic rings. The second-order valence-electron chi connectivity index (χ2n) is 8.14. The summed E-state index contributed by atoms with van der Waals surface area (Å²) in [5, 5.41) is 0. The van der Waals surface area contributed by atoms with Crippen LogP contribution in [0.4, 0.5) is 0 Å². The Hall–Kier alpha value is -1.42. The van der Waals surface area contributed by atoms with E-state index in [1.54, 1.807) is 6.92 Å². The quantitative estimate of drug-likeness (QED) is 0.568. The molecule has 0 N–H and O–H groups in total. The molecule has 0 unspecified atom stereocenters. The zero-order valence-corrected chi connectivity index (χ0v) is 15.2. The van der Waals surface area contributed by atoms with E-state index >= 15 is 0 Å². The van der Waals surface area contributed by atoms with E-state index in [0.717, 1.165) is 24.8 Å². The lowest BCUT2D eigenvalue weighted by Crippen LogP contribution is -2.53. The fourth-order valence-electron chi connectivity index (χ4n) is 4.75. The van der Waals surface area contributed by atoms with E-state index in [1.807, 2.05) is 0 Å². The van der Waals surface area contributed by atoms with Gasteiger partial charge in [0.1, 0.15) is 11.9 Å². The van der Waals surface area contributed by atoms with Gasteiger partial charge >= 0.3 is 5.97 Å². The van der Waals surface area contributed by atoms with Gasteiger partial charge in [0.2, 0.25) is 0 Å². The van der Waals surface area contributed by atoms with Crippen molar-refractivity contribution in [3.05, 3.63) is 23.3 Å². The number of hydrogen-bond donors (Lipinski definition) is 0. The Morgan fingerprint density at radius 1 is 1.38 bits per heavy atom. The number of carbonyl (C=O) groups excluding carboxylic acids is 2. The van der Waals surface area contributed by atoms with Gasteiger partial charge in [0, 0.05) is 12.3 Å². The maximum atomic E-state index is 12.2. The maximum Gasteiger partial charge on any atom is 0.307 e. The summed E-state index contributed by atoms with van der Waals surface area (Å²) >= 11 is 0. The number of esters is 1. The summed E-state index contributed by atoms with van der Waals surface area (Å²) in [6.45, 7) is 8.53. The standard InChI is InChI=1S/C20H28O4/c1-13(2)6-5-8-19(4)9-7-15-12-23-17(10-14(3)21)20(15)16(19)11-18(22)24-20/h6-7,16-17H,5,8-12H2,1-4H3/t16-,17-,19+,20+/m0/s1. The van der Waals surface area contributed by atoms with Gasteiger partial charge in [0.15, 0.2) is 5.60 Å². The Balaban J connectivity index is 1.94. The number of hydrogen-bond acceptors (Lipinski definition) is 4. The minimum absolute atomic E-state index is 0.00957. The lowest BCUT2D eigenvalue weighted by atomic mass is 9.58. The summed E-state index contributed by atoms with van der Waals surface area (Å²) in [4.78, 5) is 23.9. The van der Waals surface area contributed by atoms with Crippen molar-refractivity contribution in [3.8, 4) is 0 Å². The molecule has 2 saturated heterocycles. The van der Waals surface area contributed by atoms with Gasteiger partial charge < -0.3 is 9.47 Å². The molecule has 1 spiro atoms. The third-order valence-corrected chi connectivity index (χ3v) is 5.99. The summed E-state index contributed by atoms with van der Waals surface area (Å²) in [7, 11) is 0. The van der Waals surface area contributed by atoms with Crippen molar-refractivity contribution < 1.29 is 19.1 Å². The maximum absolute atomic E-state index is 12.2. The van der Waals surface area contributed by atoms with Gasteiger partial charge in [0.25, 0.3) is 0 Å². The fraction of sp³-hybridized carbons (Fsp3) is 0.700. The van der Waals surface area contributed by atoms with Crippen LogP contribution in [0.5, 0.6) is 0 Å². The Morgan fingerprint density at radius 3 is 2.79 bits per heavy atom. The third kappa shape index (κ3) is 2.75. The highest BCUT2D eigenvalue weighted by molar-refractivity contribution is 5.78. The van der Waals surface area contributed by atoms with E-state index in [1.165, 1.54) is 5.57 Å². The minimum Gasteiger partial charge on any atom is -0.451 e. The molecule has 4 atom stereocenters. The average Bonchev–Trinajstić information content (AvgIpc) is 2.99. The van der Waals surface area contributed by atoms with Crippen molar-refractivity contribution in [1.29, 1.82) is 0 Å². The van der Waals surface area contributed by atoms with Gasteiger partial charge in [-0.2, -0.15) is 0 Å². The van der Waals surface area contributed by atoms with Gasteiger partial charge in [-0.05, 0) is 51.0 Å². The van der Waals surface area contributed by atoms with E-state index in [2.05, 4.69) is 32.9 Å². The van der Waals surface area contributed by atoms with E-state index in [0.29, 0.717) is 19.4 Å². The molecule has 0 radical (unpaired) electrons. The molecule has 0 saturated carbocycles. The molecule has 0 aromatic carbocycles. The second-order valence-corrected chi connectivity index (χ2v) is 8.14. The summed E-state index contributed by atoms with van der Waals surface area (Å²) in [6.07, 6.45) is 7.83. The molecule has 0 aromatic heterocycles. The summed E-state index contributed by atoms with van der Waals surface area (Å²) in [6, 6.07) is 0. The van der Waals surface area contributed by atoms with Crippen LogP contribution in [-0.2, 0) is 19.1 Å². The Bertz CT molecular complexity index is 613. The van der Waals surface area contributed by atoms with Gasteiger partial charge in [-0.1, -0.05) is 24.6 Å². The Labute approximate surface area is 144 Å². The predicted octanol–water partition coefficient (Wildman–Crippen LogP) is 3.75. The summed E-state index contributed by atoms with van der Waals surface area (Å²) < 4.78 is 11.8. The van der Waals surface area contributed by atoms with Gasteiger partial charge in [-0.15, -0.1) is 0 Å². The van der Waals surface area contributed by atoms with Crippen LogP contribution in [0.3, 0.4) is 0 Å². The number of carbonyl (C=O) groups is 2. The zero-order chi connectivity index (χ0) is 17.5. The molecule has 1 aliphatic carbocycles. The fourth-order valence-corrected chi connectivity index (χ4v) is 4.75. The predicted molar refractivity (Wildman–Crippen MR) is 91.4 cm³/mol. The highest BCUT2D eigenvalue weighted by Gasteiger charge is 2.66. The second kappa shape index (κ2) is 6.14. The molecule has 24 heavy (non-hydrogen) atoms. The Kier molecular flexibility index (Phi) is 4.45. The van der Waals surface area contributed by atoms with Crippen molar-refractivity contribution >= 4 is 11.8 Å². The zero-order valence-electron chi connectivity index (χ0n) is 15.2. The molecule has 4 nitrogen and oxygen atoms in total. The first-order valence-electron chi connectivity index (χ1n) is 8.94. The first kappa shape index (κ1) is 17.4. The SMILES string of the molecule is CC(=O)C[C@@H]1OCC2=CC[C@@](C)(CCC=C(C)C)[C@@H]3CC(=O)O[C@@]213. The van der Waals surface area contributed by atoms with Gasteiger partial charge in [-0.3, -0.25) is 9.59 Å². The molecular weight excluding hydrogens is 304 g/mol. The van der Waals surface area contributed by atoms with E-state index in [4.69, 9.17) is 9.47 Å². The minimum atomic E-state index is -0.708. The van der Waals surface area contributed by atoms with Crippen molar-refractivity contribution in [2.24, 2.45) is 11.3 Å². The lowest BCUT2D eigenvalue weighted by Gasteiger charge is -2.47. The molecule has 2 aliphatic heterocycles. The molecule has 2 heterocycles. The van der Waals surface area contributed by atoms with Crippen LogP contribution in [0.25, 0.3) is 0 Å². The molecule has 3 rings (SSSR count). The summed E-state index contributed by atoms with van der Waals surface area (Å²) in [5.74, 6) is 0.0179. The van der Waals surface area contributed by atoms with Crippen molar-refractivity contribution in [2.45, 2.75) is 71.5 Å². The van der Waals surface area contributed by atoms with E-state index < -0.39 is 5.60 Å². The highest BCUT2D eigenvalue weighted by Crippen LogP contribution is 2.59. The number of Topliss-reactive ketones (excluding diaryl/α,β-unsaturated/α-hetero) is 1. The largest absolute Gasteiger partial charge is 0.451 e. The number of allylic oxidation sites excluding steroid dienone is 3. The molecule has 0 amide bonds. The topological polar surface area (TPSA) is 52.6 Å². The van der Waals surface area contributed by atoms with Crippen LogP contribution >= 0.6 is 0 Å². The number of ether oxygens (including phenoxy) is 2. The van der Waals surface area contributed by atoms with Gasteiger partial charge in [0.05, 0.1) is 13.0 Å². The normalized spacial score (nSPS) is 37.3. The molecule has 132 valence electrons. The van der Waals surface area contributed by atoms with Crippen LogP contribution < -0.4 is 0 Å². The summed E-state index contributed by atoms with van der Waals surface area (Å²) in [5.41, 5.74) is 1.67. The van der Waals surface area contributed by atoms with Crippen LogP contribution in [-0.4, -0.2) is 30.1 Å². The van der Waals surface area contributed by atoms with Crippen LogP contribution in [0.15, 0.2) is 23.3 Å². The van der Waals surface area contributed by atoms with Crippen LogP contribution in [0.1, 0.15) is 59.8 Å². The number of ketones is 1. The molecular formula is C20H28O4. The monoisotopic (exact) mass is 332 g/mol. The third-order valence-electron chi connectivity index (χ3n) is 5.99. The molecule has 2 fully saturated rings. The van der Waals surface area contributed by atoms with E-state index in [-0.39, 0.29) is 29.2 Å². The first-order valence-corrected chi connectivity index (χ1v) is 8.94. The average molecular weight is 332 g/mol. The van der Waals surface area contributed by atoms with Crippen LogP contribution in [0, 0.1) is 11.3 Å². The van der Waals surface area contributed by atoms with Crippen molar-refractivity contribution in [2.75, 3.05) is 6.61 Å². The number of rotatable bonds is 5. The Morgan fingerprint density at radius 2 is 2.12 bits per heavy atom. The molecule has 0 aromatic rings. The highest BCUT2D eigenvalue weighted by atomic mass is 16.6. The first-order chi connectivity index (χ1) is 11.3. The van der Waals surface area contributed by atoms with Crippen LogP contribution in [0.2, 0.25) is 0 Å².